The Morgan fingerprint density at radius 3 is 3.06 bits per heavy atom. The van der Waals surface area contributed by atoms with Gasteiger partial charge in [-0.3, -0.25) is 0 Å². The zero-order valence-corrected chi connectivity index (χ0v) is 8.90. The van der Waals surface area contributed by atoms with Gasteiger partial charge in [0.1, 0.15) is 12.0 Å². The van der Waals surface area contributed by atoms with Gasteiger partial charge in [-0.15, -0.1) is 0 Å². The van der Waals surface area contributed by atoms with Crippen LogP contribution in [0.15, 0.2) is 24.4 Å². The van der Waals surface area contributed by atoms with Gasteiger partial charge in [0.05, 0.1) is 10.9 Å². The van der Waals surface area contributed by atoms with Crippen LogP contribution in [0.1, 0.15) is 25.5 Å². The molecule has 1 atom stereocenters. The summed E-state index contributed by atoms with van der Waals surface area (Å²) in [5.41, 5.74) is 0.689. The van der Waals surface area contributed by atoms with Crippen LogP contribution in [-0.4, -0.2) is 16.4 Å². The number of hydrogen-bond donors (Lipinski definition) is 0. The molecule has 1 aromatic carbocycles. The molecule has 16 heavy (non-hydrogen) atoms. The van der Waals surface area contributed by atoms with Crippen LogP contribution in [0, 0.1) is 5.82 Å². The summed E-state index contributed by atoms with van der Waals surface area (Å²) in [6.07, 6.45) is 4.91. The highest BCUT2D eigenvalue weighted by atomic mass is 19.1. The molecule has 0 amide bonds. The summed E-state index contributed by atoms with van der Waals surface area (Å²) in [5, 5.41) is 4.92. The molecule has 1 fully saturated rings. The molecule has 84 valence electrons. The van der Waals surface area contributed by atoms with Crippen molar-refractivity contribution in [1.82, 2.24) is 9.78 Å². The first kappa shape index (κ1) is 9.78. The summed E-state index contributed by atoms with van der Waals surface area (Å²) in [4.78, 5) is 0. The van der Waals surface area contributed by atoms with E-state index in [-0.39, 0.29) is 12.0 Å². The average Bonchev–Trinajstić information content (AvgIpc) is 2.76. The number of rotatable bonds is 1. The molecule has 3 nitrogen and oxygen atoms in total. The van der Waals surface area contributed by atoms with Gasteiger partial charge < -0.3 is 4.74 Å². The maximum atomic E-state index is 13.5. The minimum atomic E-state index is -0.223. The van der Waals surface area contributed by atoms with E-state index < -0.39 is 0 Å². The smallest absolute Gasteiger partial charge is 0.150 e. The molecule has 0 spiro atoms. The molecule has 1 aliphatic heterocycles. The van der Waals surface area contributed by atoms with E-state index in [2.05, 4.69) is 5.10 Å². The second-order valence-electron chi connectivity index (χ2n) is 4.10. The molecule has 3 rings (SSSR count). The van der Waals surface area contributed by atoms with Crippen molar-refractivity contribution in [1.29, 1.82) is 0 Å². The summed E-state index contributed by atoms with van der Waals surface area (Å²) in [5.74, 6) is -0.223. The van der Waals surface area contributed by atoms with Gasteiger partial charge >= 0.3 is 0 Å². The van der Waals surface area contributed by atoms with Crippen molar-refractivity contribution in [2.24, 2.45) is 0 Å². The number of nitrogens with zero attached hydrogens (tertiary/aromatic N) is 2. The van der Waals surface area contributed by atoms with E-state index in [4.69, 9.17) is 4.74 Å². The Labute approximate surface area is 92.8 Å². The molecule has 0 saturated carbocycles. The van der Waals surface area contributed by atoms with Gasteiger partial charge in [0.15, 0.2) is 0 Å². The lowest BCUT2D eigenvalue weighted by Gasteiger charge is -2.22. The molecule has 2 heterocycles. The minimum Gasteiger partial charge on any atom is -0.357 e. The third-order valence-electron chi connectivity index (χ3n) is 2.97. The fourth-order valence-electron chi connectivity index (χ4n) is 2.11. The van der Waals surface area contributed by atoms with Crippen LogP contribution in [-0.2, 0) is 4.74 Å². The van der Waals surface area contributed by atoms with Crippen LogP contribution in [0.3, 0.4) is 0 Å². The standard InChI is InChI=1S/C12H13FN2O/c13-10-4-3-5-11-9(10)8-15(14-11)12-6-1-2-7-16-12/h3-5,8,12H,1-2,6-7H2. The Morgan fingerprint density at radius 1 is 1.38 bits per heavy atom. The fourth-order valence-corrected chi connectivity index (χ4v) is 2.11. The van der Waals surface area contributed by atoms with E-state index >= 15 is 0 Å². The molecule has 1 saturated heterocycles. The van der Waals surface area contributed by atoms with E-state index in [1.807, 2.05) is 6.07 Å². The maximum absolute atomic E-state index is 13.5. The van der Waals surface area contributed by atoms with Crippen molar-refractivity contribution in [3.8, 4) is 0 Å². The van der Waals surface area contributed by atoms with E-state index in [0.29, 0.717) is 10.9 Å². The van der Waals surface area contributed by atoms with Crippen molar-refractivity contribution in [3.63, 3.8) is 0 Å². The van der Waals surface area contributed by atoms with Gasteiger partial charge in [0, 0.05) is 12.8 Å². The van der Waals surface area contributed by atoms with E-state index in [1.165, 1.54) is 6.07 Å². The van der Waals surface area contributed by atoms with Crippen molar-refractivity contribution in [2.45, 2.75) is 25.5 Å². The van der Waals surface area contributed by atoms with Crippen LogP contribution in [0.4, 0.5) is 4.39 Å². The highest BCUT2D eigenvalue weighted by Gasteiger charge is 2.17. The Balaban J connectivity index is 2.01. The summed E-state index contributed by atoms with van der Waals surface area (Å²) in [6.45, 7) is 0.767. The second kappa shape index (κ2) is 3.87. The number of halogens is 1. The number of ether oxygens (including phenoxy) is 1. The van der Waals surface area contributed by atoms with Gasteiger partial charge in [-0.25, -0.2) is 9.07 Å². The third kappa shape index (κ3) is 1.59. The summed E-state index contributed by atoms with van der Waals surface area (Å²) in [7, 11) is 0. The predicted octanol–water partition coefficient (Wildman–Crippen LogP) is 2.87. The molecule has 2 aromatic rings. The van der Waals surface area contributed by atoms with E-state index in [0.717, 1.165) is 25.9 Å². The van der Waals surface area contributed by atoms with Crippen molar-refractivity contribution in [3.05, 3.63) is 30.2 Å². The fraction of sp³-hybridized carbons (Fsp3) is 0.417. The SMILES string of the molecule is Fc1cccc2nn(C3CCCCO3)cc12. The molecule has 4 heteroatoms. The van der Waals surface area contributed by atoms with Crippen molar-refractivity contribution in [2.75, 3.05) is 6.61 Å². The van der Waals surface area contributed by atoms with E-state index in [9.17, 15) is 4.39 Å². The molecule has 0 N–H and O–H groups in total. The molecule has 1 aromatic heterocycles. The number of benzene rings is 1. The lowest BCUT2D eigenvalue weighted by atomic mass is 10.2. The summed E-state index contributed by atoms with van der Waals surface area (Å²) in [6, 6.07) is 4.95. The largest absolute Gasteiger partial charge is 0.357 e. The number of hydrogen-bond acceptors (Lipinski definition) is 2. The van der Waals surface area contributed by atoms with Crippen LogP contribution in [0.2, 0.25) is 0 Å². The lowest BCUT2D eigenvalue weighted by molar-refractivity contribution is -0.0390. The first-order valence-corrected chi connectivity index (χ1v) is 5.59. The first-order valence-electron chi connectivity index (χ1n) is 5.59. The van der Waals surface area contributed by atoms with Crippen LogP contribution < -0.4 is 0 Å². The predicted molar refractivity (Wildman–Crippen MR) is 58.5 cm³/mol. The first-order chi connectivity index (χ1) is 7.84. The second-order valence-corrected chi connectivity index (χ2v) is 4.10. The highest BCUT2D eigenvalue weighted by Crippen LogP contribution is 2.24. The minimum absolute atomic E-state index is 0.0273. The number of aromatic nitrogens is 2. The zero-order chi connectivity index (χ0) is 11.0. The van der Waals surface area contributed by atoms with Gasteiger partial charge in [0.2, 0.25) is 0 Å². The molecule has 1 unspecified atom stereocenters. The average molecular weight is 220 g/mol. The van der Waals surface area contributed by atoms with Crippen LogP contribution in [0.25, 0.3) is 10.9 Å². The van der Waals surface area contributed by atoms with Gasteiger partial charge in [0.25, 0.3) is 0 Å². The molecule has 0 radical (unpaired) electrons. The maximum Gasteiger partial charge on any atom is 0.150 e. The summed E-state index contributed by atoms with van der Waals surface area (Å²) < 4.78 is 20.8. The lowest BCUT2D eigenvalue weighted by Crippen LogP contribution is -2.18. The Morgan fingerprint density at radius 2 is 2.31 bits per heavy atom. The monoisotopic (exact) mass is 220 g/mol. The van der Waals surface area contributed by atoms with Gasteiger partial charge in [-0.1, -0.05) is 6.07 Å². The Kier molecular flexibility index (Phi) is 2.36. The molecular formula is C12H13FN2O. The van der Waals surface area contributed by atoms with Crippen molar-refractivity contribution < 1.29 is 9.13 Å². The molecule has 0 bridgehead atoms. The normalized spacial score (nSPS) is 21.4. The summed E-state index contributed by atoms with van der Waals surface area (Å²) >= 11 is 0. The zero-order valence-electron chi connectivity index (χ0n) is 8.90. The number of fused-ring (bicyclic) bond motifs is 1. The Hall–Kier alpha value is -1.42. The van der Waals surface area contributed by atoms with E-state index in [1.54, 1.807) is 16.9 Å². The molecule has 1 aliphatic rings. The molecular weight excluding hydrogens is 207 g/mol. The molecule has 0 aliphatic carbocycles. The Bertz CT molecular complexity index is 503. The van der Waals surface area contributed by atoms with Crippen LogP contribution >= 0.6 is 0 Å². The quantitative estimate of drug-likeness (QED) is 0.738. The van der Waals surface area contributed by atoms with Crippen molar-refractivity contribution >= 4 is 10.9 Å². The third-order valence-corrected chi connectivity index (χ3v) is 2.97. The van der Waals surface area contributed by atoms with Gasteiger partial charge in [-0.2, -0.15) is 5.10 Å². The van der Waals surface area contributed by atoms with Gasteiger partial charge in [-0.05, 0) is 31.4 Å². The highest BCUT2D eigenvalue weighted by molar-refractivity contribution is 5.78. The topological polar surface area (TPSA) is 27.1 Å². The van der Waals surface area contributed by atoms with Crippen LogP contribution in [0.5, 0.6) is 0 Å².